The summed E-state index contributed by atoms with van der Waals surface area (Å²) < 4.78 is 0. The Balaban J connectivity index is 2.68. The molecule has 98 valence electrons. The zero-order valence-corrected chi connectivity index (χ0v) is 11.2. The van der Waals surface area contributed by atoms with E-state index >= 15 is 0 Å². The number of nitrogens with zero attached hydrogens (tertiary/aromatic N) is 1. The molecule has 0 aromatic heterocycles. The Hall–Kier alpha value is -1.06. The molecule has 0 radical (unpaired) electrons. The summed E-state index contributed by atoms with van der Waals surface area (Å²) in [5.74, 6) is 0.378. The molecular formula is C13H23NO3. The van der Waals surface area contributed by atoms with Crippen LogP contribution in [0.3, 0.4) is 0 Å². The van der Waals surface area contributed by atoms with Crippen LogP contribution in [-0.4, -0.2) is 33.5 Å². The van der Waals surface area contributed by atoms with E-state index in [2.05, 4.69) is 0 Å². The van der Waals surface area contributed by atoms with Crippen LogP contribution in [0.25, 0.3) is 0 Å². The van der Waals surface area contributed by atoms with Crippen LogP contribution in [0.1, 0.15) is 53.4 Å². The Kier molecular flexibility index (Phi) is 4.17. The van der Waals surface area contributed by atoms with E-state index in [1.54, 1.807) is 11.8 Å². The van der Waals surface area contributed by atoms with E-state index < -0.39 is 6.09 Å². The second-order valence-electron chi connectivity index (χ2n) is 5.94. The van der Waals surface area contributed by atoms with Gasteiger partial charge in [-0.3, -0.25) is 4.79 Å². The summed E-state index contributed by atoms with van der Waals surface area (Å²) in [6.45, 7) is 7.37. The van der Waals surface area contributed by atoms with Gasteiger partial charge in [0.25, 0.3) is 0 Å². The fourth-order valence-corrected chi connectivity index (χ4v) is 2.73. The lowest BCUT2D eigenvalue weighted by atomic mass is 9.82. The topological polar surface area (TPSA) is 57.6 Å². The second-order valence-corrected chi connectivity index (χ2v) is 5.94. The quantitative estimate of drug-likeness (QED) is 0.808. The average molecular weight is 241 g/mol. The first-order chi connectivity index (χ1) is 7.73. The van der Waals surface area contributed by atoms with E-state index in [0.29, 0.717) is 0 Å². The molecule has 1 saturated carbocycles. The van der Waals surface area contributed by atoms with Gasteiger partial charge in [-0.25, -0.2) is 4.79 Å². The SMILES string of the molecule is CC(=O)[C@H]1CC[C@H](N(C(=O)O)C(C)(C)C)CC1. The van der Waals surface area contributed by atoms with E-state index in [4.69, 9.17) is 0 Å². The van der Waals surface area contributed by atoms with Gasteiger partial charge in [0.1, 0.15) is 5.78 Å². The van der Waals surface area contributed by atoms with Crippen LogP contribution in [0.15, 0.2) is 0 Å². The third kappa shape index (κ3) is 3.45. The predicted molar refractivity (Wildman–Crippen MR) is 66.0 cm³/mol. The van der Waals surface area contributed by atoms with Crippen molar-refractivity contribution in [3.8, 4) is 0 Å². The highest BCUT2D eigenvalue weighted by atomic mass is 16.4. The number of carbonyl (C=O) groups excluding carboxylic acids is 1. The van der Waals surface area contributed by atoms with Crippen molar-refractivity contribution in [1.29, 1.82) is 0 Å². The summed E-state index contributed by atoms with van der Waals surface area (Å²) in [5, 5.41) is 9.30. The fraction of sp³-hybridized carbons (Fsp3) is 0.846. The van der Waals surface area contributed by atoms with Crippen molar-refractivity contribution in [3.05, 3.63) is 0 Å². The van der Waals surface area contributed by atoms with Crippen LogP contribution in [0.4, 0.5) is 4.79 Å². The first kappa shape index (κ1) is 14.0. The Bertz CT molecular complexity index is 298. The normalized spacial score (nSPS) is 25.4. The summed E-state index contributed by atoms with van der Waals surface area (Å²) in [6, 6.07) is 0.0584. The highest BCUT2D eigenvalue weighted by Gasteiger charge is 2.36. The summed E-state index contributed by atoms with van der Waals surface area (Å²) in [5.41, 5.74) is -0.375. The van der Waals surface area contributed by atoms with Crippen molar-refractivity contribution in [2.24, 2.45) is 5.92 Å². The molecule has 0 saturated heterocycles. The number of amides is 1. The van der Waals surface area contributed by atoms with Gasteiger partial charge in [0.2, 0.25) is 0 Å². The average Bonchev–Trinajstić information content (AvgIpc) is 2.15. The van der Waals surface area contributed by atoms with E-state index in [1.165, 1.54) is 0 Å². The molecule has 17 heavy (non-hydrogen) atoms. The summed E-state index contributed by atoms with van der Waals surface area (Å²) >= 11 is 0. The molecule has 0 atom stereocenters. The molecule has 0 heterocycles. The van der Waals surface area contributed by atoms with Gasteiger partial charge in [-0.05, 0) is 53.4 Å². The van der Waals surface area contributed by atoms with Crippen molar-refractivity contribution >= 4 is 11.9 Å². The lowest BCUT2D eigenvalue weighted by molar-refractivity contribution is -0.122. The van der Waals surface area contributed by atoms with Crippen LogP contribution in [0.5, 0.6) is 0 Å². The Morgan fingerprint density at radius 1 is 1.12 bits per heavy atom. The molecule has 1 aliphatic rings. The van der Waals surface area contributed by atoms with Crippen LogP contribution >= 0.6 is 0 Å². The summed E-state index contributed by atoms with van der Waals surface area (Å²) in [6.07, 6.45) is 2.38. The molecule has 1 rings (SSSR count). The summed E-state index contributed by atoms with van der Waals surface area (Å²) in [7, 11) is 0. The fourth-order valence-electron chi connectivity index (χ4n) is 2.73. The van der Waals surface area contributed by atoms with Gasteiger partial charge in [0.15, 0.2) is 0 Å². The molecule has 0 aromatic carbocycles. The second kappa shape index (κ2) is 5.07. The Morgan fingerprint density at radius 3 is 1.88 bits per heavy atom. The van der Waals surface area contributed by atoms with E-state index in [9.17, 15) is 14.7 Å². The molecule has 4 heteroatoms. The smallest absolute Gasteiger partial charge is 0.407 e. The molecule has 1 aliphatic carbocycles. The molecular weight excluding hydrogens is 218 g/mol. The van der Waals surface area contributed by atoms with Crippen LogP contribution in [-0.2, 0) is 4.79 Å². The van der Waals surface area contributed by atoms with Gasteiger partial charge in [-0.15, -0.1) is 0 Å². The maximum atomic E-state index is 11.3. The Morgan fingerprint density at radius 2 is 1.59 bits per heavy atom. The number of hydrogen-bond donors (Lipinski definition) is 1. The maximum Gasteiger partial charge on any atom is 0.407 e. The van der Waals surface area contributed by atoms with Crippen LogP contribution in [0, 0.1) is 5.92 Å². The molecule has 0 aliphatic heterocycles. The first-order valence-corrected chi connectivity index (χ1v) is 6.26. The minimum atomic E-state index is -0.858. The third-order valence-corrected chi connectivity index (χ3v) is 3.57. The van der Waals surface area contributed by atoms with Crippen LogP contribution in [0.2, 0.25) is 0 Å². The molecule has 0 unspecified atom stereocenters. The number of carbonyl (C=O) groups is 2. The van der Waals surface area contributed by atoms with Gasteiger partial charge in [-0.1, -0.05) is 0 Å². The molecule has 4 nitrogen and oxygen atoms in total. The zero-order chi connectivity index (χ0) is 13.2. The molecule has 1 amide bonds. The number of Topliss-reactive ketones (excluding diaryl/α,β-unsaturated/α-hetero) is 1. The van der Waals surface area contributed by atoms with Crippen molar-refractivity contribution in [2.75, 3.05) is 0 Å². The summed E-state index contributed by atoms with van der Waals surface area (Å²) in [4.78, 5) is 24.1. The van der Waals surface area contributed by atoms with Gasteiger partial charge >= 0.3 is 6.09 Å². The minimum Gasteiger partial charge on any atom is -0.465 e. The monoisotopic (exact) mass is 241 g/mol. The molecule has 1 N–H and O–H groups in total. The number of hydrogen-bond acceptors (Lipinski definition) is 2. The van der Waals surface area contributed by atoms with Crippen molar-refractivity contribution in [1.82, 2.24) is 4.90 Å². The van der Waals surface area contributed by atoms with Gasteiger partial charge in [0.05, 0.1) is 0 Å². The van der Waals surface area contributed by atoms with Crippen molar-refractivity contribution < 1.29 is 14.7 Å². The van der Waals surface area contributed by atoms with Gasteiger partial charge in [0, 0.05) is 17.5 Å². The number of carboxylic acid groups (broad SMARTS) is 1. The first-order valence-electron chi connectivity index (χ1n) is 6.26. The van der Waals surface area contributed by atoms with Crippen LogP contribution < -0.4 is 0 Å². The molecule has 0 spiro atoms. The van der Waals surface area contributed by atoms with Gasteiger partial charge in [-0.2, -0.15) is 0 Å². The number of rotatable bonds is 2. The third-order valence-electron chi connectivity index (χ3n) is 3.57. The lowest BCUT2D eigenvalue weighted by Gasteiger charge is -2.42. The lowest BCUT2D eigenvalue weighted by Crippen LogP contribution is -2.52. The zero-order valence-electron chi connectivity index (χ0n) is 11.2. The van der Waals surface area contributed by atoms with Gasteiger partial charge < -0.3 is 10.0 Å². The standard InChI is InChI=1S/C13H23NO3/c1-9(15)10-5-7-11(8-6-10)14(12(16)17)13(2,3)4/h10-11H,5-8H2,1-4H3,(H,16,17)/t10-,11-. The number of ketones is 1. The highest BCUT2D eigenvalue weighted by molar-refractivity contribution is 5.78. The molecule has 1 fully saturated rings. The minimum absolute atomic E-state index is 0.0584. The maximum absolute atomic E-state index is 11.3. The molecule has 0 aromatic rings. The Labute approximate surface area is 103 Å². The highest BCUT2D eigenvalue weighted by Crippen LogP contribution is 2.31. The molecule has 0 bridgehead atoms. The largest absolute Gasteiger partial charge is 0.465 e. The van der Waals surface area contributed by atoms with Crippen molar-refractivity contribution in [3.63, 3.8) is 0 Å². The predicted octanol–water partition coefficient (Wildman–Crippen LogP) is 2.91. The van der Waals surface area contributed by atoms with E-state index in [1.807, 2.05) is 20.8 Å². The van der Waals surface area contributed by atoms with E-state index in [0.717, 1.165) is 25.7 Å². The van der Waals surface area contributed by atoms with Crippen molar-refractivity contribution in [2.45, 2.75) is 65.0 Å². The van der Waals surface area contributed by atoms with E-state index in [-0.39, 0.29) is 23.3 Å².